The van der Waals surface area contributed by atoms with Gasteiger partial charge in [0.15, 0.2) is 0 Å². The van der Waals surface area contributed by atoms with E-state index in [0.29, 0.717) is 0 Å². The number of halogens is 2. The molecule has 2 aromatic rings. The molecule has 0 aliphatic carbocycles. The lowest BCUT2D eigenvalue weighted by molar-refractivity contribution is 0.564. The first-order chi connectivity index (χ1) is 8.82. The van der Waals surface area contributed by atoms with Crippen molar-refractivity contribution in [3.8, 4) is 0 Å². The van der Waals surface area contributed by atoms with E-state index in [1.54, 1.807) is 0 Å². The Kier molecular flexibility index (Phi) is 3.06. The summed E-state index contributed by atoms with van der Waals surface area (Å²) in [5, 5.41) is 0. The predicted octanol–water partition coefficient (Wildman–Crippen LogP) is 0.0518. The van der Waals surface area contributed by atoms with Crippen LogP contribution < -0.4 is 11.2 Å². The van der Waals surface area contributed by atoms with E-state index >= 15 is 0 Å². The van der Waals surface area contributed by atoms with Crippen LogP contribution in [0.15, 0.2) is 44.9 Å². The second kappa shape index (κ2) is 4.43. The molecule has 2 rings (SSSR count). The molecule has 100 valence electrons. The van der Waals surface area contributed by atoms with Crippen LogP contribution in [0.2, 0.25) is 0 Å². The molecular formula is C10H6F2N2O4S. The average molecular weight is 288 g/mol. The fourth-order valence-corrected chi connectivity index (χ4v) is 2.53. The Hall–Kier alpha value is -2.29. The molecule has 19 heavy (non-hydrogen) atoms. The second-order valence-corrected chi connectivity index (χ2v) is 5.31. The lowest BCUT2D eigenvalue weighted by atomic mass is 10.4. The van der Waals surface area contributed by atoms with E-state index in [-0.39, 0.29) is 10.2 Å². The van der Waals surface area contributed by atoms with E-state index in [1.807, 2.05) is 0 Å². The van der Waals surface area contributed by atoms with Gasteiger partial charge in [-0.3, -0.25) is 9.78 Å². The number of nitrogens with one attached hydrogen (secondary N) is 1. The number of aromatic nitrogens is 2. The monoisotopic (exact) mass is 288 g/mol. The molecule has 0 atom stereocenters. The van der Waals surface area contributed by atoms with E-state index in [9.17, 15) is 26.8 Å². The van der Waals surface area contributed by atoms with Gasteiger partial charge in [-0.05, 0) is 24.3 Å². The van der Waals surface area contributed by atoms with Gasteiger partial charge in [0.05, 0.1) is 11.1 Å². The van der Waals surface area contributed by atoms with Crippen molar-refractivity contribution < 1.29 is 17.2 Å². The van der Waals surface area contributed by atoms with Crippen LogP contribution in [0.3, 0.4) is 0 Å². The Morgan fingerprint density at radius 3 is 2.21 bits per heavy atom. The highest BCUT2D eigenvalue weighted by molar-refractivity contribution is 7.90. The summed E-state index contributed by atoms with van der Waals surface area (Å²) >= 11 is 0. The number of H-pyrrole nitrogens is 1. The average Bonchev–Trinajstić information content (AvgIpc) is 2.34. The van der Waals surface area contributed by atoms with Crippen molar-refractivity contribution in [3.63, 3.8) is 0 Å². The molecule has 1 heterocycles. The van der Waals surface area contributed by atoms with Crippen LogP contribution in [-0.4, -0.2) is 17.4 Å². The van der Waals surface area contributed by atoms with Gasteiger partial charge in [0.25, 0.3) is 15.6 Å². The van der Waals surface area contributed by atoms with E-state index in [0.717, 1.165) is 24.3 Å². The third kappa shape index (κ3) is 2.32. The summed E-state index contributed by atoms with van der Waals surface area (Å²) in [6, 6.07) is 3.58. The Bertz CT molecular complexity index is 837. The summed E-state index contributed by atoms with van der Waals surface area (Å²) in [5.41, 5.74) is -2.63. The van der Waals surface area contributed by atoms with Crippen LogP contribution in [0.4, 0.5) is 8.78 Å². The lowest BCUT2D eigenvalue weighted by Crippen LogP contribution is -2.35. The molecule has 1 aromatic heterocycles. The summed E-state index contributed by atoms with van der Waals surface area (Å²) < 4.78 is 49.7. The molecular weight excluding hydrogens is 282 g/mol. The highest BCUT2D eigenvalue weighted by atomic mass is 32.2. The molecule has 0 amide bonds. The van der Waals surface area contributed by atoms with Crippen LogP contribution in [0, 0.1) is 11.6 Å². The Balaban J connectivity index is 2.70. The molecule has 0 unspecified atom stereocenters. The van der Waals surface area contributed by atoms with Crippen LogP contribution in [0.25, 0.3) is 0 Å². The fraction of sp³-hybridized carbons (Fsp3) is 0. The SMILES string of the molecule is O=c1[nH]c(=O)n(S(=O)(=O)c2ccc(F)cc2)cc1F. The van der Waals surface area contributed by atoms with E-state index in [1.165, 1.54) is 4.98 Å². The first-order valence-electron chi connectivity index (χ1n) is 4.85. The molecule has 0 bridgehead atoms. The minimum Gasteiger partial charge on any atom is -0.271 e. The first-order valence-corrected chi connectivity index (χ1v) is 6.29. The molecule has 1 N–H and O–H groups in total. The molecule has 9 heteroatoms. The van der Waals surface area contributed by atoms with Gasteiger partial charge in [0.2, 0.25) is 5.82 Å². The van der Waals surface area contributed by atoms with Crippen molar-refractivity contribution in [1.82, 2.24) is 8.96 Å². The highest BCUT2D eigenvalue weighted by Gasteiger charge is 2.20. The zero-order chi connectivity index (χ0) is 14.2. The van der Waals surface area contributed by atoms with Gasteiger partial charge in [0, 0.05) is 0 Å². The normalized spacial score (nSPS) is 11.5. The highest BCUT2D eigenvalue weighted by Crippen LogP contribution is 2.12. The summed E-state index contributed by atoms with van der Waals surface area (Å²) in [5.74, 6) is -2.09. The molecule has 1 aromatic carbocycles. The third-order valence-corrected chi connectivity index (χ3v) is 3.90. The Morgan fingerprint density at radius 2 is 1.63 bits per heavy atom. The molecule has 0 aliphatic heterocycles. The smallest absolute Gasteiger partial charge is 0.271 e. The summed E-state index contributed by atoms with van der Waals surface area (Å²) in [6.07, 6.45) is 0.264. The van der Waals surface area contributed by atoms with Crippen LogP contribution in [0.1, 0.15) is 0 Å². The van der Waals surface area contributed by atoms with Gasteiger partial charge in [-0.15, -0.1) is 0 Å². The third-order valence-electron chi connectivity index (χ3n) is 2.24. The first kappa shape index (κ1) is 13.1. The lowest BCUT2D eigenvalue weighted by Gasteiger charge is -2.06. The van der Waals surface area contributed by atoms with Gasteiger partial charge in [-0.2, -0.15) is 8.36 Å². The van der Waals surface area contributed by atoms with E-state index in [2.05, 4.69) is 0 Å². The van der Waals surface area contributed by atoms with Crippen LogP contribution >= 0.6 is 0 Å². The molecule has 6 nitrogen and oxygen atoms in total. The van der Waals surface area contributed by atoms with Crippen molar-refractivity contribution in [3.05, 3.63) is 62.9 Å². The van der Waals surface area contributed by atoms with E-state index < -0.39 is 37.8 Å². The summed E-state index contributed by atoms with van der Waals surface area (Å²) in [6.45, 7) is 0. The van der Waals surface area contributed by atoms with E-state index in [4.69, 9.17) is 0 Å². The number of hydrogen-bond acceptors (Lipinski definition) is 4. The van der Waals surface area contributed by atoms with Gasteiger partial charge < -0.3 is 0 Å². The van der Waals surface area contributed by atoms with Gasteiger partial charge in [-0.1, -0.05) is 0 Å². The molecule has 0 spiro atoms. The number of rotatable bonds is 2. The number of aromatic amines is 1. The number of nitrogens with zero attached hydrogens (tertiary/aromatic N) is 1. The van der Waals surface area contributed by atoms with Crippen molar-refractivity contribution in [2.75, 3.05) is 0 Å². The maximum Gasteiger partial charge on any atom is 0.342 e. The maximum absolute atomic E-state index is 13.0. The number of benzene rings is 1. The van der Waals surface area contributed by atoms with Crippen LogP contribution in [0.5, 0.6) is 0 Å². The fourth-order valence-electron chi connectivity index (χ4n) is 1.33. The quantitative estimate of drug-likeness (QED) is 0.845. The Morgan fingerprint density at radius 1 is 1.05 bits per heavy atom. The molecule has 0 aliphatic rings. The van der Waals surface area contributed by atoms with Gasteiger partial charge in [-0.25, -0.2) is 17.6 Å². The summed E-state index contributed by atoms with van der Waals surface area (Å²) in [7, 11) is -4.40. The molecule has 0 radical (unpaired) electrons. The van der Waals surface area contributed by atoms with Gasteiger partial charge >= 0.3 is 5.69 Å². The van der Waals surface area contributed by atoms with Crippen molar-refractivity contribution in [1.29, 1.82) is 0 Å². The standard InChI is InChI=1S/C10H6F2N2O4S/c11-6-1-3-7(4-2-6)19(17,18)14-5-8(12)9(15)13-10(14)16/h1-5H,(H,13,15,16). The Labute approximate surface area is 105 Å². The minimum atomic E-state index is -4.40. The molecule has 0 saturated heterocycles. The van der Waals surface area contributed by atoms with Crippen molar-refractivity contribution >= 4 is 10.0 Å². The topological polar surface area (TPSA) is 89.0 Å². The minimum absolute atomic E-state index is 0.0387. The van der Waals surface area contributed by atoms with Crippen LogP contribution in [-0.2, 0) is 10.0 Å². The second-order valence-electron chi connectivity index (χ2n) is 3.49. The largest absolute Gasteiger partial charge is 0.342 e. The maximum atomic E-state index is 13.0. The molecule has 0 saturated carbocycles. The summed E-state index contributed by atoms with van der Waals surface area (Å²) in [4.78, 5) is 23.3. The van der Waals surface area contributed by atoms with Crippen molar-refractivity contribution in [2.24, 2.45) is 0 Å². The van der Waals surface area contributed by atoms with Crippen molar-refractivity contribution in [2.45, 2.75) is 4.90 Å². The predicted molar refractivity (Wildman–Crippen MR) is 60.3 cm³/mol. The van der Waals surface area contributed by atoms with Gasteiger partial charge in [0.1, 0.15) is 5.82 Å². The number of hydrogen-bond donors (Lipinski definition) is 1. The zero-order valence-corrected chi connectivity index (χ0v) is 9.95. The zero-order valence-electron chi connectivity index (χ0n) is 9.13. The molecule has 0 fully saturated rings.